The molecule has 1 heterocycles. The lowest BCUT2D eigenvalue weighted by atomic mass is 10.1. The average Bonchev–Trinajstić information content (AvgIpc) is 2.45. The molecule has 7 nitrogen and oxygen atoms in total. The lowest BCUT2D eigenvalue weighted by Crippen LogP contribution is -2.42. The molecule has 1 aliphatic rings. The third kappa shape index (κ3) is 2.87. The molecule has 4 N–H and O–H groups in total. The summed E-state index contributed by atoms with van der Waals surface area (Å²) in [6.07, 6.45) is 0. The molecule has 102 valence electrons. The molecule has 2 rings (SSSR count). The van der Waals surface area contributed by atoms with Gasteiger partial charge in [-0.1, -0.05) is 5.16 Å². The summed E-state index contributed by atoms with van der Waals surface area (Å²) >= 11 is 0. The van der Waals surface area contributed by atoms with Crippen molar-refractivity contribution in [2.24, 2.45) is 10.9 Å². The van der Waals surface area contributed by atoms with E-state index in [9.17, 15) is 4.79 Å². The number of hydrogen-bond acceptors (Lipinski definition) is 5. The lowest BCUT2D eigenvalue weighted by Gasteiger charge is -2.19. The van der Waals surface area contributed by atoms with E-state index < -0.39 is 6.04 Å². The van der Waals surface area contributed by atoms with E-state index >= 15 is 0 Å². The molecule has 0 radical (unpaired) electrons. The predicted molar refractivity (Wildman–Crippen MR) is 67.8 cm³/mol. The predicted octanol–water partition coefficient (Wildman–Crippen LogP) is 0.323. The zero-order valence-electron chi connectivity index (χ0n) is 10.4. The Bertz CT molecular complexity index is 516. The van der Waals surface area contributed by atoms with Gasteiger partial charge < -0.3 is 25.7 Å². The van der Waals surface area contributed by atoms with Crippen molar-refractivity contribution in [1.29, 1.82) is 0 Å². The molecule has 1 aromatic carbocycles. The second-order valence-electron chi connectivity index (χ2n) is 4.08. The van der Waals surface area contributed by atoms with E-state index in [0.29, 0.717) is 30.3 Å². The van der Waals surface area contributed by atoms with Crippen molar-refractivity contribution < 1.29 is 19.5 Å². The number of nitrogens with one attached hydrogen (secondary N) is 1. The molecule has 1 aliphatic heterocycles. The van der Waals surface area contributed by atoms with Crippen LogP contribution in [-0.4, -0.2) is 36.2 Å². The normalized spacial score (nSPS) is 15.7. The van der Waals surface area contributed by atoms with Crippen molar-refractivity contribution >= 4 is 11.7 Å². The molecule has 0 saturated carbocycles. The third-order valence-electron chi connectivity index (χ3n) is 2.71. The summed E-state index contributed by atoms with van der Waals surface area (Å²) in [5.41, 5.74) is 5.81. The summed E-state index contributed by atoms with van der Waals surface area (Å²) in [7, 11) is 0. The fourth-order valence-corrected chi connectivity index (χ4v) is 1.63. The molecule has 0 aliphatic carbocycles. The van der Waals surface area contributed by atoms with Crippen LogP contribution in [0.25, 0.3) is 0 Å². The van der Waals surface area contributed by atoms with Crippen LogP contribution >= 0.6 is 0 Å². The number of hydrogen-bond donors (Lipinski definition) is 3. The molecule has 7 heteroatoms. The number of carbonyl (C=O) groups is 1. The van der Waals surface area contributed by atoms with Gasteiger partial charge in [0, 0.05) is 5.56 Å². The van der Waals surface area contributed by atoms with Gasteiger partial charge >= 0.3 is 0 Å². The minimum absolute atomic E-state index is 0.0640. The first-order valence-corrected chi connectivity index (χ1v) is 5.79. The Labute approximate surface area is 110 Å². The van der Waals surface area contributed by atoms with Crippen LogP contribution < -0.4 is 20.5 Å². The Kier molecular flexibility index (Phi) is 3.74. The van der Waals surface area contributed by atoms with E-state index in [1.165, 1.54) is 0 Å². The average molecular weight is 265 g/mol. The Hall–Kier alpha value is -2.44. The zero-order chi connectivity index (χ0) is 13.8. The van der Waals surface area contributed by atoms with Crippen molar-refractivity contribution in [1.82, 2.24) is 5.32 Å². The summed E-state index contributed by atoms with van der Waals surface area (Å²) < 4.78 is 10.8. The summed E-state index contributed by atoms with van der Waals surface area (Å²) in [6.45, 7) is 2.57. The molecule has 0 saturated heterocycles. The Morgan fingerprint density at radius 2 is 2.11 bits per heavy atom. The van der Waals surface area contributed by atoms with Crippen LogP contribution in [0.3, 0.4) is 0 Å². The number of ether oxygens (including phenoxy) is 2. The number of amides is 1. The van der Waals surface area contributed by atoms with Gasteiger partial charge in [0.1, 0.15) is 13.2 Å². The second kappa shape index (κ2) is 5.47. The Morgan fingerprint density at radius 1 is 1.42 bits per heavy atom. The molecule has 0 spiro atoms. The molecule has 1 unspecified atom stereocenters. The Balaban J connectivity index is 2.11. The van der Waals surface area contributed by atoms with E-state index in [1.807, 2.05) is 0 Å². The number of nitrogens with zero attached hydrogens (tertiary/aromatic N) is 1. The quantitative estimate of drug-likeness (QED) is 0.316. The van der Waals surface area contributed by atoms with Gasteiger partial charge in [0.2, 0.25) is 0 Å². The number of amidine groups is 1. The van der Waals surface area contributed by atoms with Crippen molar-refractivity contribution in [2.75, 3.05) is 13.2 Å². The second-order valence-corrected chi connectivity index (χ2v) is 4.08. The number of nitrogens with two attached hydrogens (primary N) is 1. The van der Waals surface area contributed by atoms with Crippen molar-refractivity contribution in [3.63, 3.8) is 0 Å². The van der Waals surface area contributed by atoms with Crippen LogP contribution in [0.4, 0.5) is 0 Å². The van der Waals surface area contributed by atoms with Gasteiger partial charge in [0.05, 0.1) is 6.04 Å². The largest absolute Gasteiger partial charge is 0.486 e. The van der Waals surface area contributed by atoms with Gasteiger partial charge in [-0.2, -0.15) is 0 Å². The van der Waals surface area contributed by atoms with Gasteiger partial charge in [-0.25, -0.2) is 0 Å². The summed E-state index contributed by atoms with van der Waals surface area (Å²) in [5.74, 6) is 0.754. The minimum Gasteiger partial charge on any atom is -0.486 e. The molecule has 1 atom stereocenters. The van der Waals surface area contributed by atoms with E-state index in [2.05, 4.69) is 10.5 Å². The fraction of sp³-hybridized carbons (Fsp3) is 0.333. The minimum atomic E-state index is -0.564. The summed E-state index contributed by atoms with van der Waals surface area (Å²) in [5, 5.41) is 14.0. The van der Waals surface area contributed by atoms with Gasteiger partial charge in [0.25, 0.3) is 5.91 Å². The molecule has 1 amide bonds. The molecule has 19 heavy (non-hydrogen) atoms. The van der Waals surface area contributed by atoms with Crippen LogP contribution in [0.1, 0.15) is 17.3 Å². The van der Waals surface area contributed by atoms with E-state index in [1.54, 1.807) is 25.1 Å². The first kappa shape index (κ1) is 13.0. The van der Waals surface area contributed by atoms with Crippen LogP contribution in [-0.2, 0) is 0 Å². The van der Waals surface area contributed by atoms with Gasteiger partial charge in [-0.05, 0) is 25.1 Å². The van der Waals surface area contributed by atoms with Crippen LogP contribution in [0.15, 0.2) is 23.4 Å². The summed E-state index contributed by atoms with van der Waals surface area (Å²) in [4.78, 5) is 12.0. The first-order valence-electron chi connectivity index (χ1n) is 5.79. The molecule has 0 bridgehead atoms. The Morgan fingerprint density at radius 3 is 2.79 bits per heavy atom. The number of benzene rings is 1. The molecular weight excluding hydrogens is 250 g/mol. The topological polar surface area (TPSA) is 106 Å². The van der Waals surface area contributed by atoms with Crippen molar-refractivity contribution in [2.45, 2.75) is 13.0 Å². The SMILES string of the molecule is CC(NC(=O)c1ccc2c(c1)OCCO2)/C(N)=N/O. The maximum atomic E-state index is 12.0. The molecular formula is C12H15N3O4. The maximum absolute atomic E-state index is 12.0. The highest BCUT2D eigenvalue weighted by molar-refractivity contribution is 5.98. The molecule has 0 fully saturated rings. The zero-order valence-corrected chi connectivity index (χ0v) is 10.4. The highest BCUT2D eigenvalue weighted by Crippen LogP contribution is 2.30. The lowest BCUT2D eigenvalue weighted by molar-refractivity contribution is 0.0947. The summed E-state index contributed by atoms with van der Waals surface area (Å²) in [6, 6.07) is 4.34. The fourth-order valence-electron chi connectivity index (χ4n) is 1.63. The third-order valence-corrected chi connectivity index (χ3v) is 2.71. The highest BCUT2D eigenvalue weighted by Gasteiger charge is 2.17. The first-order chi connectivity index (χ1) is 9.11. The molecule has 1 aromatic rings. The van der Waals surface area contributed by atoms with Crippen molar-refractivity contribution in [3.05, 3.63) is 23.8 Å². The number of rotatable bonds is 3. The monoisotopic (exact) mass is 265 g/mol. The van der Waals surface area contributed by atoms with Crippen LogP contribution in [0.2, 0.25) is 0 Å². The maximum Gasteiger partial charge on any atom is 0.252 e. The van der Waals surface area contributed by atoms with Gasteiger partial charge in [0.15, 0.2) is 17.3 Å². The number of carbonyl (C=O) groups excluding carboxylic acids is 1. The number of fused-ring (bicyclic) bond motifs is 1. The number of oxime groups is 1. The standard InChI is InChI=1S/C12H15N3O4/c1-7(11(13)15-17)14-12(16)8-2-3-9-10(6-8)19-5-4-18-9/h2-3,6-7,17H,4-5H2,1H3,(H2,13,15)(H,14,16). The van der Waals surface area contributed by atoms with Gasteiger partial charge in [-0.3, -0.25) is 4.79 Å². The van der Waals surface area contributed by atoms with E-state index in [4.69, 9.17) is 20.4 Å². The molecule has 0 aromatic heterocycles. The smallest absolute Gasteiger partial charge is 0.252 e. The highest BCUT2D eigenvalue weighted by atomic mass is 16.6. The van der Waals surface area contributed by atoms with E-state index in [-0.39, 0.29) is 11.7 Å². The van der Waals surface area contributed by atoms with Gasteiger partial charge in [-0.15, -0.1) is 0 Å². The van der Waals surface area contributed by atoms with Crippen LogP contribution in [0.5, 0.6) is 11.5 Å². The van der Waals surface area contributed by atoms with Crippen molar-refractivity contribution in [3.8, 4) is 11.5 Å². The van der Waals surface area contributed by atoms with Crippen LogP contribution in [0, 0.1) is 0 Å². The van der Waals surface area contributed by atoms with E-state index in [0.717, 1.165) is 0 Å².